The molecule has 4 nitrogen and oxygen atoms in total. The van der Waals surface area contributed by atoms with E-state index in [1.165, 1.54) is 6.20 Å². The number of hydrogen-bond donors (Lipinski definition) is 2. The highest BCUT2D eigenvalue weighted by atomic mass is 35.5. The number of nitrogens with zero attached hydrogens (tertiary/aromatic N) is 1. The van der Waals surface area contributed by atoms with Crippen LogP contribution in [0.2, 0.25) is 10.0 Å². The van der Waals surface area contributed by atoms with Crippen molar-refractivity contribution in [3.8, 4) is 0 Å². The number of pyridine rings is 1. The number of rotatable bonds is 2. The largest absolute Gasteiger partial charge is 0.398 e. The first-order valence-corrected chi connectivity index (χ1v) is 6.64. The molecule has 0 atom stereocenters. The fraction of sp³-hybridized carbons (Fsp3) is 0.143. The number of nitrogens with one attached hydrogen (secondary N) is 1. The number of carbonyl (C=O) groups is 1. The van der Waals surface area contributed by atoms with Gasteiger partial charge in [-0.1, -0.05) is 29.3 Å². The van der Waals surface area contributed by atoms with Gasteiger partial charge < -0.3 is 11.1 Å². The third-order valence-corrected chi connectivity index (χ3v) is 3.64. The van der Waals surface area contributed by atoms with Crippen LogP contribution in [0.4, 0.5) is 11.4 Å². The third kappa shape index (κ3) is 2.86. The Morgan fingerprint density at radius 2 is 2.00 bits per heavy atom. The van der Waals surface area contributed by atoms with E-state index in [9.17, 15) is 4.79 Å². The van der Waals surface area contributed by atoms with Crippen LogP contribution in [0.1, 0.15) is 21.6 Å². The van der Waals surface area contributed by atoms with Crippen LogP contribution in [0, 0.1) is 13.8 Å². The van der Waals surface area contributed by atoms with Gasteiger partial charge in [0, 0.05) is 17.6 Å². The van der Waals surface area contributed by atoms with Gasteiger partial charge in [0.05, 0.1) is 21.3 Å². The Balaban J connectivity index is 2.35. The number of nitrogen functional groups attached to an aromatic ring is 1. The van der Waals surface area contributed by atoms with E-state index in [0.29, 0.717) is 21.4 Å². The van der Waals surface area contributed by atoms with Gasteiger partial charge in [0.15, 0.2) is 0 Å². The van der Waals surface area contributed by atoms with Crippen LogP contribution in [0.25, 0.3) is 0 Å². The van der Waals surface area contributed by atoms with E-state index in [4.69, 9.17) is 28.9 Å². The summed E-state index contributed by atoms with van der Waals surface area (Å²) < 4.78 is 0. The molecule has 104 valence electrons. The Labute approximate surface area is 126 Å². The van der Waals surface area contributed by atoms with Crippen LogP contribution in [0.5, 0.6) is 0 Å². The molecule has 20 heavy (non-hydrogen) atoms. The molecule has 3 N–H and O–H groups in total. The summed E-state index contributed by atoms with van der Waals surface area (Å²) in [6.07, 6.45) is 1.43. The number of aromatic nitrogens is 1. The lowest BCUT2D eigenvalue weighted by Crippen LogP contribution is -2.15. The van der Waals surface area contributed by atoms with Crippen molar-refractivity contribution in [3.63, 3.8) is 0 Å². The molecule has 2 aromatic rings. The lowest BCUT2D eigenvalue weighted by molar-refractivity contribution is 0.102. The molecular formula is C14H13Cl2N3O. The van der Waals surface area contributed by atoms with Crippen molar-refractivity contribution in [2.45, 2.75) is 13.8 Å². The average molecular weight is 310 g/mol. The number of carbonyl (C=O) groups excluding carboxylic acids is 1. The van der Waals surface area contributed by atoms with Crippen LogP contribution >= 0.6 is 23.2 Å². The maximum absolute atomic E-state index is 12.2. The van der Waals surface area contributed by atoms with Crippen molar-refractivity contribution >= 4 is 40.5 Å². The van der Waals surface area contributed by atoms with Crippen LogP contribution in [0.3, 0.4) is 0 Å². The molecule has 1 aromatic heterocycles. The fourth-order valence-corrected chi connectivity index (χ4v) is 2.19. The SMILES string of the molecule is Cc1cc(N)c(C(=O)Nc2c(Cl)ccc(C)c2Cl)cn1. The first-order chi connectivity index (χ1) is 9.40. The second kappa shape index (κ2) is 5.69. The van der Waals surface area contributed by atoms with Gasteiger partial charge in [0.25, 0.3) is 5.91 Å². The van der Waals surface area contributed by atoms with Gasteiger partial charge >= 0.3 is 0 Å². The summed E-state index contributed by atoms with van der Waals surface area (Å²) in [4.78, 5) is 16.3. The first-order valence-electron chi connectivity index (χ1n) is 5.88. The summed E-state index contributed by atoms with van der Waals surface area (Å²) >= 11 is 12.2. The molecule has 0 saturated heterocycles. The molecule has 0 fully saturated rings. The minimum Gasteiger partial charge on any atom is -0.398 e. The number of anilines is 2. The summed E-state index contributed by atoms with van der Waals surface area (Å²) in [5.74, 6) is -0.399. The average Bonchev–Trinajstić information content (AvgIpc) is 2.39. The highest BCUT2D eigenvalue weighted by Gasteiger charge is 2.15. The van der Waals surface area contributed by atoms with E-state index >= 15 is 0 Å². The molecule has 0 aliphatic carbocycles. The summed E-state index contributed by atoms with van der Waals surface area (Å²) in [5, 5.41) is 3.45. The Bertz CT molecular complexity index is 686. The zero-order chi connectivity index (χ0) is 14.9. The molecule has 0 spiro atoms. The number of hydrogen-bond acceptors (Lipinski definition) is 3. The number of amides is 1. The van der Waals surface area contributed by atoms with Gasteiger partial charge in [-0.2, -0.15) is 0 Å². The molecule has 0 radical (unpaired) electrons. The predicted octanol–water partition coefficient (Wildman–Crippen LogP) is 3.84. The maximum atomic E-state index is 12.2. The molecule has 0 aliphatic heterocycles. The van der Waals surface area contributed by atoms with Crippen molar-refractivity contribution in [1.82, 2.24) is 4.98 Å². The van der Waals surface area contributed by atoms with E-state index in [-0.39, 0.29) is 5.56 Å². The smallest absolute Gasteiger partial charge is 0.259 e. The Kier molecular flexibility index (Phi) is 4.16. The lowest BCUT2D eigenvalue weighted by atomic mass is 10.1. The van der Waals surface area contributed by atoms with E-state index in [0.717, 1.165) is 11.3 Å². The van der Waals surface area contributed by atoms with Gasteiger partial charge in [-0.05, 0) is 31.5 Å². The van der Waals surface area contributed by atoms with Crippen LogP contribution < -0.4 is 11.1 Å². The standard InChI is InChI=1S/C14H13Cl2N3O/c1-7-3-4-10(15)13(12(7)16)19-14(20)9-6-18-8(2)5-11(9)17/h3-6H,1-2H3,(H2,17,18)(H,19,20). The van der Waals surface area contributed by atoms with Crippen LogP contribution in [-0.4, -0.2) is 10.9 Å². The van der Waals surface area contributed by atoms with Crippen molar-refractivity contribution in [3.05, 3.63) is 51.3 Å². The molecule has 6 heteroatoms. The minimum atomic E-state index is -0.399. The van der Waals surface area contributed by atoms with E-state index in [2.05, 4.69) is 10.3 Å². The second-order valence-corrected chi connectivity index (χ2v) is 5.21. The Hall–Kier alpha value is -1.78. The Morgan fingerprint density at radius 3 is 2.65 bits per heavy atom. The quantitative estimate of drug-likeness (QED) is 0.885. The predicted molar refractivity (Wildman–Crippen MR) is 82.5 cm³/mol. The van der Waals surface area contributed by atoms with Crippen LogP contribution in [0.15, 0.2) is 24.4 Å². The lowest BCUT2D eigenvalue weighted by Gasteiger charge is -2.12. The molecule has 0 aliphatic rings. The molecule has 0 saturated carbocycles. The van der Waals surface area contributed by atoms with E-state index in [1.54, 1.807) is 25.1 Å². The molecule has 1 amide bonds. The third-order valence-electron chi connectivity index (χ3n) is 2.84. The highest BCUT2D eigenvalue weighted by molar-refractivity contribution is 6.40. The van der Waals surface area contributed by atoms with Gasteiger partial charge in [0.2, 0.25) is 0 Å². The summed E-state index contributed by atoms with van der Waals surface area (Å²) in [6.45, 7) is 3.63. The van der Waals surface area contributed by atoms with Crippen molar-refractivity contribution in [2.75, 3.05) is 11.1 Å². The molecule has 0 bridgehead atoms. The maximum Gasteiger partial charge on any atom is 0.259 e. The van der Waals surface area contributed by atoms with Crippen molar-refractivity contribution in [2.24, 2.45) is 0 Å². The molecule has 1 aromatic carbocycles. The normalized spacial score (nSPS) is 10.4. The van der Waals surface area contributed by atoms with Crippen molar-refractivity contribution in [1.29, 1.82) is 0 Å². The topological polar surface area (TPSA) is 68.0 Å². The zero-order valence-electron chi connectivity index (χ0n) is 11.0. The van der Waals surface area contributed by atoms with Gasteiger partial charge in [-0.3, -0.25) is 9.78 Å². The molecular weight excluding hydrogens is 297 g/mol. The second-order valence-electron chi connectivity index (χ2n) is 4.42. The fourth-order valence-electron chi connectivity index (χ4n) is 1.72. The summed E-state index contributed by atoms with van der Waals surface area (Å²) in [7, 11) is 0. The number of halogens is 2. The van der Waals surface area contributed by atoms with Crippen LogP contribution in [-0.2, 0) is 0 Å². The van der Waals surface area contributed by atoms with E-state index in [1.807, 2.05) is 6.92 Å². The summed E-state index contributed by atoms with van der Waals surface area (Å²) in [5.41, 5.74) is 8.39. The molecule has 0 unspecified atom stereocenters. The molecule has 1 heterocycles. The number of benzene rings is 1. The van der Waals surface area contributed by atoms with Gasteiger partial charge in [-0.15, -0.1) is 0 Å². The van der Waals surface area contributed by atoms with Gasteiger partial charge in [0.1, 0.15) is 0 Å². The highest BCUT2D eigenvalue weighted by Crippen LogP contribution is 2.33. The Morgan fingerprint density at radius 1 is 1.30 bits per heavy atom. The number of aryl methyl sites for hydroxylation is 2. The van der Waals surface area contributed by atoms with E-state index < -0.39 is 5.91 Å². The molecule has 2 rings (SSSR count). The number of nitrogens with two attached hydrogens (primary N) is 1. The van der Waals surface area contributed by atoms with Crippen molar-refractivity contribution < 1.29 is 4.79 Å². The minimum absolute atomic E-state index is 0.282. The monoisotopic (exact) mass is 309 g/mol. The van der Waals surface area contributed by atoms with Gasteiger partial charge in [-0.25, -0.2) is 0 Å². The zero-order valence-corrected chi connectivity index (χ0v) is 12.5. The first kappa shape index (κ1) is 14.6. The summed E-state index contributed by atoms with van der Waals surface area (Å²) in [6, 6.07) is 5.09.